The summed E-state index contributed by atoms with van der Waals surface area (Å²) >= 11 is 0. The van der Waals surface area contributed by atoms with E-state index in [0.29, 0.717) is 87.8 Å². The lowest BCUT2D eigenvalue weighted by Gasteiger charge is -2.46. The van der Waals surface area contributed by atoms with Crippen LogP contribution in [0.3, 0.4) is 0 Å². The zero-order chi connectivity index (χ0) is 51.0. The zero-order valence-electron chi connectivity index (χ0n) is 43.3. The molecule has 0 aromatic heterocycles. The Hall–Kier alpha value is -6.52. The van der Waals surface area contributed by atoms with Crippen molar-refractivity contribution in [3.8, 4) is 57.5 Å². The predicted octanol–water partition coefficient (Wildman–Crippen LogP) is 7.81. The van der Waals surface area contributed by atoms with E-state index in [4.69, 9.17) is 56.8 Å². The highest BCUT2D eigenvalue weighted by Gasteiger charge is 2.40. The fourth-order valence-corrected chi connectivity index (χ4v) is 9.25. The van der Waals surface area contributed by atoms with Crippen molar-refractivity contribution >= 4 is 11.9 Å². The van der Waals surface area contributed by atoms with Crippen molar-refractivity contribution in [1.82, 2.24) is 4.90 Å². The lowest BCUT2D eigenvalue weighted by molar-refractivity contribution is -0.941. The number of carbonyl (C=O) groups excluding carboxylic acids is 2. The summed E-state index contributed by atoms with van der Waals surface area (Å²) in [7, 11) is 20.4. The molecular formula is C54H73N2O14+. The van der Waals surface area contributed by atoms with Crippen LogP contribution in [0.1, 0.15) is 65.1 Å². The number of hydrogen-bond acceptors (Lipinski definition) is 15. The van der Waals surface area contributed by atoms with Crippen LogP contribution >= 0.6 is 0 Å². The van der Waals surface area contributed by atoms with Crippen LogP contribution in [0.5, 0.6) is 57.5 Å². The minimum atomic E-state index is -0.609. The molecule has 4 aromatic rings. The first-order chi connectivity index (χ1) is 33.7. The summed E-state index contributed by atoms with van der Waals surface area (Å²) in [6, 6.07) is 16.1. The summed E-state index contributed by atoms with van der Waals surface area (Å²) in [5, 5.41) is 0. The number of ether oxygens (including phenoxy) is 12. The highest BCUT2D eigenvalue weighted by molar-refractivity contribution is 5.91. The second kappa shape index (κ2) is 25.9. The van der Waals surface area contributed by atoms with E-state index in [1.165, 1.54) is 5.56 Å². The molecule has 1 aliphatic heterocycles. The number of esters is 2. The maximum absolute atomic E-state index is 12.7. The van der Waals surface area contributed by atoms with Gasteiger partial charge in [-0.05, 0) is 96.2 Å². The van der Waals surface area contributed by atoms with Gasteiger partial charge in [-0.2, -0.15) is 0 Å². The first-order valence-corrected chi connectivity index (χ1v) is 23.4. The van der Waals surface area contributed by atoms with Crippen molar-refractivity contribution < 1.29 is 70.9 Å². The third-order valence-corrected chi connectivity index (χ3v) is 13.2. The lowest BCUT2D eigenvalue weighted by Crippen LogP contribution is -2.52. The van der Waals surface area contributed by atoms with Crippen LogP contribution in [-0.4, -0.2) is 146 Å². The monoisotopic (exact) mass is 974 g/mol. The summed E-state index contributed by atoms with van der Waals surface area (Å²) < 4.78 is 68.2. The summed E-state index contributed by atoms with van der Waals surface area (Å²) in [6.07, 6.45) is 5.65. The fourth-order valence-electron chi connectivity index (χ4n) is 9.25. The lowest BCUT2D eigenvalue weighted by atomic mass is 9.86. The van der Waals surface area contributed by atoms with Gasteiger partial charge in [-0.1, -0.05) is 6.92 Å². The SMILES string of the molecule is COc1cc(CCN(C)CCCOC(=O)/C=C\C(=O)OCCC[N+]2(C)CCc3cc(OC)c(OC)cc3C2Cc2cc(OC)c(OC)c(OC)c2)c(C(C)c2cc(OC)c(OC)c(OC)c2)cc1OC. The van der Waals surface area contributed by atoms with Crippen LogP contribution < -0.4 is 47.4 Å². The number of rotatable bonds is 27. The van der Waals surface area contributed by atoms with Crippen molar-refractivity contribution in [2.75, 3.05) is 125 Å². The molecule has 382 valence electrons. The summed E-state index contributed by atoms with van der Waals surface area (Å²) in [6.45, 7) is 5.48. The van der Waals surface area contributed by atoms with Crippen molar-refractivity contribution in [3.63, 3.8) is 0 Å². The molecule has 0 amide bonds. The van der Waals surface area contributed by atoms with Crippen molar-refractivity contribution in [2.24, 2.45) is 0 Å². The zero-order valence-corrected chi connectivity index (χ0v) is 43.3. The van der Waals surface area contributed by atoms with Crippen LogP contribution in [0.2, 0.25) is 0 Å². The second-order valence-electron chi connectivity index (χ2n) is 17.4. The Kier molecular flexibility index (Phi) is 20.1. The molecule has 0 bridgehead atoms. The molecular weight excluding hydrogens is 901 g/mol. The van der Waals surface area contributed by atoms with E-state index in [0.717, 1.165) is 72.4 Å². The number of quaternary nitrogens is 1. The molecule has 0 saturated carbocycles. The first-order valence-electron chi connectivity index (χ1n) is 23.4. The number of benzene rings is 4. The quantitative estimate of drug-likeness (QED) is 0.0247. The topological polar surface area (TPSA) is 148 Å². The van der Waals surface area contributed by atoms with Gasteiger partial charge in [0, 0.05) is 56.0 Å². The van der Waals surface area contributed by atoms with E-state index in [1.807, 2.05) is 43.4 Å². The second-order valence-corrected chi connectivity index (χ2v) is 17.4. The van der Waals surface area contributed by atoms with Crippen LogP contribution in [0.25, 0.3) is 0 Å². The molecule has 0 aliphatic carbocycles. The van der Waals surface area contributed by atoms with Gasteiger partial charge in [0.15, 0.2) is 46.0 Å². The number of methoxy groups -OCH3 is 10. The van der Waals surface area contributed by atoms with Gasteiger partial charge in [-0.15, -0.1) is 0 Å². The van der Waals surface area contributed by atoms with Crippen molar-refractivity contribution in [1.29, 1.82) is 0 Å². The molecule has 0 N–H and O–H groups in total. The average Bonchev–Trinajstić information content (AvgIpc) is 3.38. The van der Waals surface area contributed by atoms with Gasteiger partial charge in [-0.25, -0.2) is 9.59 Å². The molecule has 0 radical (unpaired) electrons. The van der Waals surface area contributed by atoms with E-state index in [9.17, 15) is 9.59 Å². The summed E-state index contributed by atoms with van der Waals surface area (Å²) in [4.78, 5) is 27.5. The summed E-state index contributed by atoms with van der Waals surface area (Å²) in [5.41, 5.74) is 6.53. The Morgan fingerprint density at radius 1 is 0.614 bits per heavy atom. The molecule has 0 spiro atoms. The van der Waals surface area contributed by atoms with E-state index >= 15 is 0 Å². The number of nitrogens with zero attached hydrogens (tertiary/aromatic N) is 2. The molecule has 3 atom stereocenters. The van der Waals surface area contributed by atoms with Crippen LogP contribution in [0.4, 0.5) is 0 Å². The Balaban J connectivity index is 1.13. The van der Waals surface area contributed by atoms with Crippen molar-refractivity contribution in [2.45, 2.75) is 51.0 Å². The molecule has 0 fully saturated rings. The van der Waals surface area contributed by atoms with Crippen LogP contribution in [0, 0.1) is 0 Å². The molecule has 4 aromatic carbocycles. The maximum Gasteiger partial charge on any atom is 0.331 e. The molecule has 5 rings (SSSR count). The first kappa shape index (κ1) is 54.4. The highest BCUT2D eigenvalue weighted by Crippen LogP contribution is 2.46. The van der Waals surface area contributed by atoms with Gasteiger partial charge in [0.2, 0.25) is 11.5 Å². The van der Waals surface area contributed by atoms with E-state index in [2.05, 4.69) is 31.0 Å². The Morgan fingerprint density at radius 3 is 1.63 bits per heavy atom. The molecule has 1 heterocycles. The molecule has 16 nitrogen and oxygen atoms in total. The normalized spacial score (nSPS) is 15.7. The van der Waals surface area contributed by atoms with E-state index in [-0.39, 0.29) is 25.2 Å². The predicted molar refractivity (Wildman–Crippen MR) is 266 cm³/mol. The van der Waals surface area contributed by atoms with E-state index in [1.54, 1.807) is 71.1 Å². The number of fused-ring (bicyclic) bond motifs is 1. The standard InChI is InChI=1S/C54H73N2O14/c1-35(39-31-49(65-10)54(68-13)50(32-39)66-11)40-33-45(61-6)43(59-4)29-37(40)18-21-55(2)20-14-24-69-51(57)16-17-52(58)70-25-15-22-56(3)23-19-38-30-44(60-5)46(62-7)34-41(38)42(56)26-36-27-47(63-8)53(67-12)48(28-36)64-9/h16-17,27-35,42H,14-15,18-26H2,1-13H3/q+1/b17-16-. The van der Waals surface area contributed by atoms with Gasteiger partial charge in [0.05, 0.1) is 104 Å². The number of carbonyl (C=O) groups is 2. The third kappa shape index (κ3) is 13.2. The van der Waals surface area contributed by atoms with Gasteiger partial charge in [0.25, 0.3) is 0 Å². The number of hydrogen-bond donors (Lipinski definition) is 0. The highest BCUT2D eigenvalue weighted by atomic mass is 16.6. The van der Waals surface area contributed by atoms with Gasteiger partial charge < -0.3 is 66.2 Å². The van der Waals surface area contributed by atoms with Crippen LogP contribution in [0.15, 0.2) is 60.7 Å². The molecule has 70 heavy (non-hydrogen) atoms. The Morgan fingerprint density at radius 2 is 1.10 bits per heavy atom. The molecule has 16 heteroatoms. The average molecular weight is 974 g/mol. The molecule has 1 aliphatic rings. The molecule has 3 unspecified atom stereocenters. The van der Waals surface area contributed by atoms with Crippen molar-refractivity contribution in [3.05, 3.63) is 94.1 Å². The fraction of sp³-hybridized carbons (Fsp3) is 0.481. The maximum atomic E-state index is 12.7. The van der Waals surface area contributed by atoms with E-state index < -0.39 is 11.9 Å². The summed E-state index contributed by atoms with van der Waals surface area (Å²) in [5.74, 6) is 4.74. The largest absolute Gasteiger partial charge is 0.493 e. The van der Waals surface area contributed by atoms with Gasteiger partial charge in [0.1, 0.15) is 6.04 Å². The van der Waals surface area contributed by atoms with Gasteiger partial charge in [-0.3, -0.25) is 0 Å². The Labute approximate surface area is 413 Å². The Bertz CT molecular complexity index is 2370. The molecule has 0 saturated heterocycles. The smallest absolute Gasteiger partial charge is 0.331 e. The number of likely N-dealkylation sites (N-methyl/N-ethyl adjacent to an activating group) is 2. The third-order valence-electron chi connectivity index (χ3n) is 13.2. The van der Waals surface area contributed by atoms with Crippen LogP contribution in [-0.2, 0) is 38.3 Å². The minimum Gasteiger partial charge on any atom is -0.493 e. The van der Waals surface area contributed by atoms with Gasteiger partial charge >= 0.3 is 11.9 Å². The minimum absolute atomic E-state index is 0.0115.